The number of para-hydroxylation sites is 1. The van der Waals surface area contributed by atoms with Crippen molar-refractivity contribution in [2.45, 2.75) is 37.7 Å². The lowest BCUT2D eigenvalue weighted by Gasteiger charge is -2.15. The van der Waals surface area contributed by atoms with Crippen molar-refractivity contribution in [2.24, 2.45) is 0 Å². The Morgan fingerprint density at radius 1 is 1.19 bits per heavy atom. The largest absolute Gasteiger partial charge is 0.376 e. The first kappa shape index (κ1) is 19.4. The van der Waals surface area contributed by atoms with Crippen molar-refractivity contribution in [3.05, 3.63) is 59.2 Å². The molecule has 1 saturated heterocycles. The molecule has 0 saturated carbocycles. The van der Waals surface area contributed by atoms with Crippen molar-refractivity contribution in [3.63, 3.8) is 0 Å². The molecular weight excluding hydrogens is 364 g/mol. The lowest BCUT2D eigenvalue weighted by atomic mass is 10.1. The Kier molecular flexibility index (Phi) is 5.82. The molecule has 1 atom stereocenters. The minimum absolute atomic E-state index is 0.0213. The number of benzene rings is 2. The van der Waals surface area contributed by atoms with Gasteiger partial charge in [0.2, 0.25) is 0 Å². The summed E-state index contributed by atoms with van der Waals surface area (Å²) >= 11 is 0. The van der Waals surface area contributed by atoms with Crippen LogP contribution in [0.5, 0.6) is 0 Å². The molecule has 0 spiro atoms. The van der Waals surface area contributed by atoms with Gasteiger partial charge in [-0.1, -0.05) is 29.8 Å². The number of hydrogen-bond donors (Lipinski definition) is 2. The molecule has 1 amide bonds. The highest BCUT2D eigenvalue weighted by molar-refractivity contribution is 7.92. The fourth-order valence-electron chi connectivity index (χ4n) is 3.18. The van der Waals surface area contributed by atoms with Crippen LogP contribution in [0.2, 0.25) is 0 Å². The number of sulfonamides is 1. The van der Waals surface area contributed by atoms with E-state index in [0.29, 0.717) is 18.7 Å². The first-order chi connectivity index (χ1) is 12.9. The van der Waals surface area contributed by atoms with Crippen LogP contribution in [0, 0.1) is 13.8 Å². The fourth-order valence-corrected chi connectivity index (χ4v) is 4.49. The Bertz CT molecular complexity index is 935. The smallest absolute Gasteiger partial charge is 0.262 e. The summed E-state index contributed by atoms with van der Waals surface area (Å²) in [6, 6.07) is 11.7. The van der Waals surface area contributed by atoms with E-state index in [-0.39, 0.29) is 28.2 Å². The van der Waals surface area contributed by atoms with E-state index in [0.717, 1.165) is 18.4 Å². The first-order valence-corrected chi connectivity index (χ1v) is 10.4. The molecule has 0 bridgehead atoms. The van der Waals surface area contributed by atoms with Crippen LogP contribution in [0.4, 0.5) is 5.69 Å². The van der Waals surface area contributed by atoms with Gasteiger partial charge in [-0.05, 0) is 50.5 Å². The van der Waals surface area contributed by atoms with Gasteiger partial charge in [-0.15, -0.1) is 0 Å². The van der Waals surface area contributed by atoms with Gasteiger partial charge < -0.3 is 10.1 Å². The number of aryl methyl sites for hydroxylation is 2. The first-order valence-electron chi connectivity index (χ1n) is 8.96. The Hall–Kier alpha value is -2.38. The van der Waals surface area contributed by atoms with Crippen molar-refractivity contribution >= 4 is 21.6 Å². The zero-order valence-corrected chi connectivity index (χ0v) is 16.3. The van der Waals surface area contributed by atoms with E-state index in [1.54, 1.807) is 43.3 Å². The minimum atomic E-state index is -3.80. The van der Waals surface area contributed by atoms with E-state index in [2.05, 4.69) is 10.0 Å². The molecule has 0 radical (unpaired) electrons. The Morgan fingerprint density at radius 2 is 1.96 bits per heavy atom. The van der Waals surface area contributed by atoms with Gasteiger partial charge in [-0.25, -0.2) is 8.42 Å². The number of carbonyl (C=O) groups is 1. The summed E-state index contributed by atoms with van der Waals surface area (Å²) in [5.41, 5.74) is 2.18. The molecular formula is C20H24N2O4S. The second-order valence-corrected chi connectivity index (χ2v) is 8.42. The molecule has 3 rings (SSSR count). The van der Waals surface area contributed by atoms with Crippen molar-refractivity contribution in [2.75, 3.05) is 17.9 Å². The average molecular weight is 388 g/mol. The predicted octanol–water partition coefficient (Wildman–Crippen LogP) is 3.01. The van der Waals surface area contributed by atoms with Crippen LogP contribution in [0.15, 0.2) is 47.4 Å². The summed E-state index contributed by atoms with van der Waals surface area (Å²) in [6.45, 7) is 4.79. The van der Waals surface area contributed by atoms with E-state index in [1.165, 1.54) is 0 Å². The maximum atomic E-state index is 12.8. The zero-order chi connectivity index (χ0) is 19.4. The van der Waals surface area contributed by atoms with Gasteiger partial charge in [-0.3, -0.25) is 9.52 Å². The number of amides is 1. The standard InChI is InChI=1S/C20H24N2O4S/c1-14-9-10-19(15(2)12-14)27(24,25)22-18-8-4-3-7-17(18)20(23)21-13-16-6-5-11-26-16/h3-4,7-10,12,16,22H,5-6,11,13H2,1-2H3,(H,21,23). The van der Waals surface area contributed by atoms with Gasteiger partial charge in [0, 0.05) is 13.2 Å². The molecule has 2 aromatic carbocycles. The van der Waals surface area contributed by atoms with E-state index >= 15 is 0 Å². The van der Waals surface area contributed by atoms with Crippen molar-refractivity contribution in [1.29, 1.82) is 0 Å². The lowest BCUT2D eigenvalue weighted by Crippen LogP contribution is -2.32. The molecule has 6 nitrogen and oxygen atoms in total. The van der Waals surface area contributed by atoms with E-state index in [1.807, 2.05) is 13.0 Å². The molecule has 1 aliphatic heterocycles. The highest BCUT2D eigenvalue weighted by Crippen LogP contribution is 2.23. The topological polar surface area (TPSA) is 84.5 Å². The number of rotatable bonds is 6. The monoisotopic (exact) mass is 388 g/mol. The number of ether oxygens (including phenoxy) is 1. The maximum absolute atomic E-state index is 12.8. The highest BCUT2D eigenvalue weighted by atomic mass is 32.2. The average Bonchev–Trinajstić information content (AvgIpc) is 3.13. The highest BCUT2D eigenvalue weighted by Gasteiger charge is 2.21. The molecule has 2 aromatic rings. The van der Waals surface area contributed by atoms with Gasteiger partial charge in [0.05, 0.1) is 22.3 Å². The number of carbonyl (C=O) groups excluding carboxylic acids is 1. The van der Waals surface area contributed by atoms with Gasteiger partial charge in [-0.2, -0.15) is 0 Å². The molecule has 1 heterocycles. The van der Waals surface area contributed by atoms with Gasteiger partial charge in [0.15, 0.2) is 0 Å². The van der Waals surface area contributed by atoms with Crippen LogP contribution in [-0.2, 0) is 14.8 Å². The normalized spacial score (nSPS) is 16.9. The summed E-state index contributed by atoms with van der Waals surface area (Å²) in [5.74, 6) is -0.329. The number of nitrogens with one attached hydrogen (secondary N) is 2. The van der Waals surface area contributed by atoms with Crippen molar-refractivity contribution in [1.82, 2.24) is 5.32 Å². The zero-order valence-electron chi connectivity index (χ0n) is 15.5. The summed E-state index contributed by atoms with van der Waals surface area (Å²) in [4.78, 5) is 12.8. The van der Waals surface area contributed by atoms with E-state index in [4.69, 9.17) is 4.74 Å². The SMILES string of the molecule is Cc1ccc(S(=O)(=O)Nc2ccccc2C(=O)NCC2CCCO2)c(C)c1. The molecule has 27 heavy (non-hydrogen) atoms. The number of hydrogen-bond acceptors (Lipinski definition) is 4. The van der Waals surface area contributed by atoms with E-state index < -0.39 is 10.0 Å². The van der Waals surface area contributed by atoms with Gasteiger partial charge in [0.25, 0.3) is 15.9 Å². The van der Waals surface area contributed by atoms with Crippen molar-refractivity contribution in [3.8, 4) is 0 Å². The van der Waals surface area contributed by atoms with Crippen LogP contribution in [0.25, 0.3) is 0 Å². The quantitative estimate of drug-likeness (QED) is 0.797. The van der Waals surface area contributed by atoms with E-state index in [9.17, 15) is 13.2 Å². The third kappa shape index (κ3) is 4.67. The third-order valence-electron chi connectivity index (χ3n) is 4.55. The molecule has 0 aromatic heterocycles. The van der Waals surface area contributed by atoms with Crippen molar-refractivity contribution < 1.29 is 17.9 Å². The second-order valence-electron chi connectivity index (χ2n) is 6.77. The Labute approximate surface area is 160 Å². The predicted molar refractivity (Wildman–Crippen MR) is 104 cm³/mol. The molecule has 7 heteroatoms. The lowest BCUT2D eigenvalue weighted by molar-refractivity contribution is 0.0858. The summed E-state index contributed by atoms with van der Waals surface area (Å²) < 4.78 is 33.7. The van der Waals surface area contributed by atoms with Crippen LogP contribution < -0.4 is 10.0 Å². The molecule has 0 aliphatic carbocycles. The minimum Gasteiger partial charge on any atom is -0.376 e. The van der Waals surface area contributed by atoms with Gasteiger partial charge in [0.1, 0.15) is 0 Å². The summed E-state index contributed by atoms with van der Waals surface area (Å²) in [5, 5.41) is 2.83. The Balaban J connectivity index is 1.79. The van der Waals surface area contributed by atoms with Crippen LogP contribution in [0.3, 0.4) is 0 Å². The summed E-state index contributed by atoms with van der Waals surface area (Å²) in [6.07, 6.45) is 1.93. The molecule has 2 N–H and O–H groups in total. The third-order valence-corrected chi connectivity index (χ3v) is 6.08. The number of anilines is 1. The fraction of sp³-hybridized carbons (Fsp3) is 0.350. The van der Waals surface area contributed by atoms with Crippen LogP contribution in [-0.4, -0.2) is 33.6 Å². The molecule has 1 unspecified atom stereocenters. The summed E-state index contributed by atoms with van der Waals surface area (Å²) in [7, 11) is -3.80. The molecule has 1 fully saturated rings. The van der Waals surface area contributed by atoms with Crippen LogP contribution >= 0.6 is 0 Å². The van der Waals surface area contributed by atoms with Gasteiger partial charge >= 0.3 is 0 Å². The maximum Gasteiger partial charge on any atom is 0.262 e. The Morgan fingerprint density at radius 3 is 2.67 bits per heavy atom. The second kappa shape index (κ2) is 8.10. The van der Waals surface area contributed by atoms with Crippen LogP contribution in [0.1, 0.15) is 34.3 Å². The molecule has 144 valence electrons. The molecule has 1 aliphatic rings.